The van der Waals surface area contributed by atoms with Gasteiger partial charge in [-0.05, 0) is 78.6 Å². The molecule has 0 N–H and O–H groups in total. The lowest BCUT2D eigenvalue weighted by Crippen LogP contribution is -2.32. The zero-order valence-electron chi connectivity index (χ0n) is 15.7. The minimum atomic E-state index is 0.553. The highest BCUT2D eigenvalue weighted by Gasteiger charge is 2.24. The number of methoxy groups -OCH3 is 1. The van der Waals surface area contributed by atoms with Crippen LogP contribution < -0.4 is 9.57 Å². The van der Waals surface area contributed by atoms with Crippen molar-refractivity contribution in [3.05, 3.63) is 65.2 Å². The van der Waals surface area contributed by atoms with Crippen LogP contribution in [-0.4, -0.2) is 24.8 Å². The van der Waals surface area contributed by atoms with E-state index in [4.69, 9.17) is 9.57 Å². The van der Waals surface area contributed by atoms with Gasteiger partial charge in [0.25, 0.3) is 0 Å². The van der Waals surface area contributed by atoms with Gasteiger partial charge in [0.2, 0.25) is 0 Å². The van der Waals surface area contributed by atoms with E-state index >= 15 is 0 Å². The van der Waals surface area contributed by atoms with Crippen molar-refractivity contribution in [2.75, 3.05) is 13.7 Å². The fourth-order valence-corrected chi connectivity index (χ4v) is 4.09. The Bertz CT molecular complexity index is 794. The van der Waals surface area contributed by atoms with Crippen LogP contribution in [0, 0.1) is 0 Å². The van der Waals surface area contributed by atoms with Crippen LogP contribution in [0.2, 0.25) is 0 Å². The van der Waals surface area contributed by atoms with Crippen molar-refractivity contribution in [2.45, 2.75) is 45.1 Å². The Morgan fingerprint density at radius 3 is 2.65 bits per heavy atom. The molecule has 1 aliphatic heterocycles. The summed E-state index contributed by atoms with van der Waals surface area (Å²) in [6.45, 7) is 3.26. The van der Waals surface area contributed by atoms with Crippen LogP contribution >= 0.6 is 0 Å². The standard InChI is InChI=1S/C23H27NO2/c1-3-19-7-5-15-24(19)26-20-11-9-17(10-12-20)22-8-4-6-18-16-21(25-2)13-14-23(18)22/h8-14,16,19H,3-7,15H2,1-2H3. The lowest BCUT2D eigenvalue weighted by Gasteiger charge is -2.23. The summed E-state index contributed by atoms with van der Waals surface area (Å²) in [7, 11) is 1.73. The molecule has 2 aromatic rings. The molecule has 26 heavy (non-hydrogen) atoms. The molecule has 1 unspecified atom stereocenters. The van der Waals surface area contributed by atoms with E-state index in [1.54, 1.807) is 7.11 Å². The average molecular weight is 349 g/mol. The number of rotatable bonds is 5. The van der Waals surface area contributed by atoms with Gasteiger partial charge in [0.1, 0.15) is 11.5 Å². The molecular formula is C23H27NO2. The molecular weight excluding hydrogens is 322 g/mol. The molecule has 4 rings (SSSR count). The lowest BCUT2D eigenvalue weighted by molar-refractivity contribution is -0.0710. The first-order valence-corrected chi connectivity index (χ1v) is 9.71. The summed E-state index contributed by atoms with van der Waals surface area (Å²) >= 11 is 0. The molecule has 2 aliphatic rings. The van der Waals surface area contributed by atoms with Gasteiger partial charge >= 0.3 is 0 Å². The van der Waals surface area contributed by atoms with Gasteiger partial charge in [-0.15, -0.1) is 5.06 Å². The van der Waals surface area contributed by atoms with Crippen molar-refractivity contribution in [1.82, 2.24) is 5.06 Å². The lowest BCUT2D eigenvalue weighted by atomic mass is 9.87. The molecule has 0 aromatic heterocycles. The highest BCUT2D eigenvalue weighted by Crippen LogP contribution is 2.34. The normalized spacial score (nSPS) is 19.8. The number of nitrogens with zero attached hydrogens (tertiary/aromatic N) is 1. The maximum atomic E-state index is 6.12. The maximum absolute atomic E-state index is 6.12. The summed E-state index contributed by atoms with van der Waals surface area (Å²) in [5.41, 5.74) is 5.24. The highest BCUT2D eigenvalue weighted by atomic mass is 16.7. The van der Waals surface area contributed by atoms with Crippen LogP contribution in [0.15, 0.2) is 48.5 Å². The quantitative estimate of drug-likeness (QED) is 0.737. The Morgan fingerprint density at radius 1 is 1.08 bits per heavy atom. The van der Waals surface area contributed by atoms with Crippen molar-refractivity contribution < 1.29 is 9.57 Å². The summed E-state index contributed by atoms with van der Waals surface area (Å²) in [6.07, 6.45) is 8.10. The predicted octanol–water partition coefficient (Wildman–Crippen LogP) is 5.24. The van der Waals surface area contributed by atoms with Crippen molar-refractivity contribution in [2.24, 2.45) is 0 Å². The number of hydroxylamine groups is 2. The van der Waals surface area contributed by atoms with Gasteiger partial charge in [-0.25, -0.2) is 0 Å². The molecule has 3 nitrogen and oxygen atoms in total. The number of aryl methyl sites for hydroxylation is 1. The highest BCUT2D eigenvalue weighted by molar-refractivity contribution is 5.83. The zero-order valence-corrected chi connectivity index (χ0v) is 15.7. The molecule has 2 aromatic carbocycles. The van der Waals surface area contributed by atoms with E-state index in [1.807, 2.05) is 6.07 Å². The largest absolute Gasteiger partial charge is 0.497 e. The molecule has 1 atom stereocenters. The Labute approximate surface area is 156 Å². The Hall–Kier alpha value is -2.26. The van der Waals surface area contributed by atoms with E-state index in [0.717, 1.165) is 37.3 Å². The monoisotopic (exact) mass is 349 g/mol. The Kier molecular flexibility index (Phi) is 4.98. The molecule has 1 aliphatic carbocycles. The first-order valence-electron chi connectivity index (χ1n) is 9.71. The molecule has 136 valence electrons. The zero-order chi connectivity index (χ0) is 17.9. The van der Waals surface area contributed by atoms with Gasteiger partial charge in [-0.1, -0.05) is 31.2 Å². The smallest absolute Gasteiger partial charge is 0.147 e. The number of allylic oxidation sites excluding steroid dienone is 1. The third kappa shape index (κ3) is 3.36. The molecule has 0 bridgehead atoms. The van der Waals surface area contributed by atoms with Gasteiger partial charge in [0, 0.05) is 12.6 Å². The SMILES string of the molecule is CCC1CCCN1Oc1ccc(C2=CCCc3cc(OC)ccc32)cc1. The summed E-state index contributed by atoms with van der Waals surface area (Å²) in [5.74, 6) is 1.87. The van der Waals surface area contributed by atoms with Crippen molar-refractivity contribution in [3.8, 4) is 11.5 Å². The van der Waals surface area contributed by atoms with Gasteiger partial charge in [-0.3, -0.25) is 0 Å². The second-order valence-electron chi connectivity index (χ2n) is 7.14. The second kappa shape index (κ2) is 7.55. The van der Waals surface area contributed by atoms with Crippen LogP contribution in [0.3, 0.4) is 0 Å². The molecule has 0 radical (unpaired) electrons. The van der Waals surface area contributed by atoms with Crippen LogP contribution in [0.5, 0.6) is 11.5 Å². The minimum absolute atomic E-state index is 0.553. The van der Waals surface area contributed by atoms with Crippen LogP contribution in [0.25, 0.3) is 5.57 Å². The Balaban J connectivity index is 1.53. The average Bonchev–Trinajstić information content (AvgIpc) is 3.15. The molecule has 1 saturated heterocycles. The summed E-state index contributed by atoms with van der Waals surface area (Å²) < 4.78 is 5.38. The van der Waals surface area contributed by atoms with E-state index < -0.39 is 0 Å². The minimum Gasteiger partial charge on any atom is -0.497 e. The fraction of sp³-hybridized carbons (Fsp3) is 0.391. The van der Waals surface area contributed by atoms with Crippen molar-refractivity contribution in [3.63, 3.8) is 0 Å². The van der Waals surface area contributed by atoms with Gasteiger partial charge in [0.15, 0.2) is 0 Å². The van der Waals surface area contributed by atoms with Gasteiger partial charge in [0.05, 0.1) is 7.11 Å². The molecule has 1 fully saturated rings. The van der Waals surface area contributed by atoms with Crippen LogP contribution in [0.1, 0.15) is 49.3 Å². The molecule has 0 saturated carbocycles. The number of ether oxygens (including phenoxy) is 1. The van der Waals surface area contributed by atoms with E-state index in [1.165, 1.54) is 35.1 Å². The van der Waals surface area contributed by atoms with Gasteiger partial charge in [-0.2, -0.15) is 0 Å². The number of benzene rings is 2. The summed E-state index contributed by atoms with van der Waals surface area (Å²) in [6, 6.07) is 15.5. The van der Waals surface area contributed by atoms with Crippen LogP contribution in [-0.2, 0) is 6.42 Å². The Morgan fingerprint density at radius 2 is 1.88 bits per heavy atom. The summed E-state index contributed by atoms with van der Waals surface area (Å²) in [4.78, 5) is 6.12. The number of hydrogen-bond acceptors (Lipinski definition) is 3. The van der Waals surface area contributed by atoms with E-state index in [9.17, 15) is 0 Å². The van der Waals surface area contributed by atoms with Gasteiger partial charge < -0.3 is 9.57 Å². The van der Waals surface area contributed by atoms with E-state index in [0.29, 0.717) is 6.04 Å². The topological polar surface area (TPSA) is 21.7 Å². The first-order chi connectivity index (χ1) is 12.8. The maximum Gasteiger partial charge on any atom is 0.147 e. The molecule has 0 spiro atoms. The van der Waals surface area contributed by atoms with Crippen molar-refractivity contribution >= 4 is 5.57 Å². The number of fused-ring (bicyclic) bond motifs is 1. The molecule has 0 amide bonds. The third-order valence-corrected chi connectivity index (χ3v) is 5.55. The van der Waals surface area contributed by atoms with Crippen molar-refractivity contribution in [1.29, 1.82) is 0 Å². The van der Waals surface area contributed by atoms with Crippen LogP contribution in [0.4, 0.5) is 0 Å². The van der Waals surface area contributed by atoms with E-state index in [2.05, 4.69) is 54.5 Å². The molecule has 3 heteroatoms. The van der Waals surface area contributed by atoms with E-state index in [-0.39, 0.29) is 0 Å². The summed E-state index contributed by atoms with van der Waals surface area (Å²) in [5, 5.41) is 2.15. The number of hydrogen-bond donors (Lipinski definition) is 0. The second-order valence-corrected chi connectivity index (χ2v) is 7.14. The predicted molar refractivity (Wildman–Crippen MR) is 105 cm³/mol. The fourth-order valence-electron chi connectivity index (χ4n) is 4.09. The molecule has 1 heterocycles. The first kappa shape index (κ1) is 17.2. The third-order valence-electron chi connectivity index (χ3n) is 5.55.